The van der Waals surface area contributed by atoms with Crippen LogP contribution in [-0.4, -0.2) is 21.2 Å². The van der Waals surface area contributed by atoms with Crippen LogP contribution in [0, 0.1) is 0 Å². The van der Waals surface area contributed by atoms with Gasteiger partial charge in [0.25, 0.3) is 0 Å². The average molecular weight is 228 g/mol. The topological polar surface area (TPSA) is 63.4 Å². The molecule has 1 aromatic carbocycles. The summed E-state index contributed by atoms with van der Waals surface area (Å²) in [5, 5.41) is 0. The van der Waals surface area contributed by atoms with E-state index in [1.807, 2.05) is 18.2 Å². The number of anilines is 1. The average Bonchev–Trinajstić information content (AvgIpc) is 2.17. The molecule has 1 rings (SSSR count). The maximum Gasteiger partial charge on any atom is 0.232 e. The standard InChI is InChI=1S/C10H16N2O2S/c1-3-12(15(2,13)14)10-7-5-4-6-9(10)8-11/h4-7H,3,8,11H2,1-2H3. The molecule has 0 saturated heterocycles. The highest BCUT2D eigenvalue weighted by Crippen LogP contribution is 2.21. The molecule has 0 unspecified atom stereocenters. The van der Waals surface area contributed by atoms with Crippen molar-refractivity contribution < 1.29 is 8.42 Å². The second-order valence-corrected chi connectivity index (χ2v) is 5.17. The first-order valence-corrected chi connectivity index (χ1v) is 6.61. The van der Waals surface area contributed by atoms with Crippen LogP contribution in [0.25, 0.3) is 0 Å². The summed E-state index contributed by atoms with van der Waals surface area (Å²) in [7, 11) is -3.22. The van der Waals surface area contributed by atoms with Gasteiger partial charge in [0.05, 0.1) is 11.9 Å². The third-order valence-corrected chi connectivity index (χ3v) is 3.42. The lowest BCUT2D eigenvalue weighted by Gasteiger charge is -2.22. The number of benzene rings is 1. The predicted molar refractivity (Wildman–Crippen MR) is 62.2 cm³/mol. The normalized spacial score (nSPS) is 11.4. The van der Waals surface area contributed by atoms with Crippen LogP contribution in [-0.2, 0) is 16.6 Å². The summed E-state index contributed by atoms with van der Waals surface area (Å²) in [5.41, 5.74) is 7.07. The molecule has 2 N–H and O–H groups in total. The van der Waals surface area contributed by atoms with E-state index in [2.05, 4.69) is 0 Å². The summed E-state index contributed by atoms with van der Waals surface area (Å²) < 4.78 is 24.4. The fourth-order valence-corrected chi connectivity index (χ4v) is 2.51. The van der Waals surface area contributed by atoms with Crippen LogP contribution in [0.15, 0.2) is 24.3 Å². The van der Waals surface area contributed by atoms with Gasteiger partial charge in [-0.25, -0.2) is 8.42 Å². The molecule has 0 radical (unpaired) electrons. The van der Waals surface area contributed by atoms with Crippen LogP contribution >= 0.6 is 0 Å². The molecule has 15 heavy (non-hydrogen) atoms. The Labute approximate surface area is 90.8 Å². The van der Waals surface area contributed by atoms with E-state index in [1.165, 1.54) is 10.6 Å². The molecule has 0 aromatic heterocycles. The minimum Gasteiger partial charge on any atom is -0.326 e. The monoisotopic (exact) mass is 228 g/mol. The third-order valence-electron chi connectivity index (χ3n) is 2.17. The maximum atomic E-state index is 11.5. The Kier molecular flexibility index (Phi) is 3.71. The van der Waals surface area contributed by atoms with E-state index in [-0.39, 0.29) is 0 Å². The van der Waals surface area contributed by atoms with Crippen molar-refractivity contribution in [2.24, 2.45) is 5.73 Å². The van der Waals surface area contributed by atoms with E-state index in [0.29, 0.717) is 18.8 Å². The number of rotatable bonds is 4. The summed E-state index contributed by atoms with van der Waals surface area (Å²) in [6, 6.07) is 7.26. The van der Waals surface area contributed by atoms with E-state index in [0.717, 1.165) is 5.56 Å². The molecule has 0 amide bonds. The Morgan fingerprint density at radius 1 is 1.33 bits per heavy atom. The van der Waals surface area contributed by atoms with Gasteiger partial charge in [0.2, 0.25) is 10.0 Å². The molecular formula is C10H16N2O2S. The number of hydrogen-bond acceptors (Lipinski definition) is 3. The molecule has 0 spiro atoms. The summed E-state index contributed by atoms with van der Waals surface area (Å²) in [6.07, 6.45) is 1.20. The van der Waals surface area contributed by atoms with Gasteiger partial charge >= 0.3 is 0 Å². The second-order valence-electron chi connectivity index (χ2n) is 3.26. The lowest BCUT2D eigenvalue weighted by molar-refractivity contribution is 0.597. The highest BCUT2D eigenvalue weighted by molar-refractivity contribution is 7.92. The SMILES string of the molecule is CCN(c1ccccc1CN)S(C)(=O)=O. The molecule has 4 nitrogen and oxygen atoms in total. The van der Waals surface area contributed by atoms with Gasteiger partial charge in [0, 0.05) is 13.1 Å². The van der Waals surface area contributed by atoms with E-state index < -0.39 is 10.0 Å². The summed E-state index contributed by atoms with van der Waals surface area (Å²) in [5.74, 6) is 0. The lowest BCUT2D eigenvalue weighted by Crippen LogP contribution is -2.30. The Balaban J connectivity index is 3.24. The van der Waals surface area contributed by atoms with E-state index in [9.17, 15) is 8.42 Å². The number of nitrogens with two attached hydrogens (primary N) is 1. The van der Waals surface area contributed by atoms with Crippen molar-refractivity contribution in [1.29, 1.82) is 0 Å². The van der Waals surface area contributed by atoms with Crippen molar-refractivity contribution in [2.75, 3.05) is 17.1 Å². The molecule has 0 fully saturated rings. The molecule has 0 atom stereocenters. The number of para-hydroxylation sites is 1. The first-order chi connectivity index (χ1) is 7.00. The van der Waals surface area contributed by atoms with Gasteiger partial charge in [-0.2, -0.15) is 0 Å². The summed E-state index contributed by atoms with van der Waals surface area (Å²) in [4.78, 5) is 0. The van der Waals surface area contributed by atoms with Gasteiger partial charge in [-0.3, -0.25) is 4.31 Å². The predicted octanol–water partition coefficient (Wildman–Crippen LogP) is 0.931. The molecule has 1 aromatic rings. The molecule has 0 heterocycles. The van der Waals surface area contributed by atoms with Gasteiger partial charge in [-0.05, 0) is 18.6 Å². The van der Waals surface area contributed by atoms with Crippen molar-refractivity contribution >= 4 is 15.7 Å². The van der Waals surface area contributed by atoms with Crippen molar-refractivity contribution in [2.45, 2.75) is 13.5 Å². The van der Waals surface area contributed by atoms with Crippen molar-refractivity contribution in [3.8, 4) is 0 Å². The fourth-order valence-electron chi connectivity index (χ4n) is 1.51. The molecule has 0 bridgehead atoms. The third kappa shape index (κ3) is 2.70. The van der Waals surface area contributed by atoms with Gasteiger partial charge in [-0.15, -0.1) is 0 Å². The minimum atomic E-state index is -3.22. The molecule has 84 valence electrons. The first-order valence-electron chi connectivity index (χ1n) is 4.76. The van der Waals surface area contributed by atoms with Crippen LogP contribution in [0.1, 0.15) is 12.5 Å². The quantitative estimate of drug-likeness (QED) is 0.834. The Hall–Kier alpha value is -1.07. The fraction of sp³-hybridized carbons (Fsp3) is 0.400. The Bertz CT molecular complexity index is 429. The molecule has 0 aliphatic heterocycles. The molecule has 5 heteroatoms. The summed E-state index contributed by atoms with van der Waals surface area (Å²) in [6.45, 7) is 2.55. The van der Waals surface area contributed by atoms with Crippen LogP contribution < -0.4 is 10.0 Å². The Morgan fingerprint density at radius 3 is 2.40 bits per heavy atom. The maximum absolute atomic E-state index is 11.5. The number of sulfonamides is 1. The first kappa shape index (κ1) is 12.0. The smallest absolute Gasteiger partial charge is 0.232 e. The van der Waals surface area contributed by atoms with Gasteiger partial charge in [0.1, 0.15) is 0 Å². The van der Waals surface area contributed by atoms with Gasteiger partial charge < -0.3 is 5.73 Å². The lowest BCUT2D eigenvalue weighted by atomic mass is 10.2. The van der Waals surface area contributed by atoms with E-state index in [1.54, 1.807) is 13.0 Å². The van der Waals surface area contributed by atoms with E-state index in [4.69, 9.17) is 5.73 Å². The van der Waals surface area contributed by atoms with Crippen LogP contribution in [0.3, 0.4) is 0 Å². The van der Waals surface area contributed by atoms with Crippen molar-refractivity contribution in [1.82, 2.24) is 0 Å². The van der Waals surface area contributed by atoms with Crippen LogP contribution in [0.5, 0.6) is 0 Å². The van der Waals surface area contributed by atoms with Crippen LogP contribution in [0.4, 0.5) is 5.69 Å². The molecule has 0 aliphatic rings. The van der Waals surface area contributed by atoms with Gasteiger partial charge in [0.15, 0.2) is 0 Å². The van der Waals surface area contributed by atoms with Crippen molar-refractivity contribution in [3.05, 3.63) is 29.8 Å². The second kappa shape index (κ2) is 4.63. The zero-order valence-corrected chi connectivity index (χ0v) is 9.79. The number of nitrogens with zero attached hydrogens (tertiary/aromatic N) is 1. The minimum absolute atomic E-state index is 0.336. The van der Waals surface area contributed by atoms with E-state index >= 15 is 0 Å². The van der Waals surface area contributed by atoms with Gasteiger partial charge in [-0.1, -0.05) is 18.2 Å². The molecule has 0 saturated carbocycles. The largest absolute Gasteiger partial charge is 0.326 e. The van der Waals surface area contributed by atoms with Crippen LogP contribution in [0.2, 0.25) is 0 Å². The van der Waals surface area contributed by atoms with Crippen molar-refractivity contribution in [3.63, 3.8) is 0 Å². The highest BCUT2D eigenvalue weighted by atomic mass is 32.2. The molecular weight excluding hydrogens is 212 g/mol. The highest BCUT2D eigenvalue weighted by Gasteiger charge is 2.17. The zero-order valence-electron chi connectivity index (χ0n) is 8.97. The zero-order chi connectivity index (χ0) is 11.5. The number of hydrogen-bond donors (Lipinski definition) is 1. The Morgan fingerprint density at radius 2 is 1.93 bits per heavy atom. The molecule has 0 aliphatic carbocycles. The summed E-state index contributed by atoms with van der Waals surface area (Å²) >= 11 is 0.